The molecule has 1 N–H and O–H groups in total. The molecule has 21 heavy (non-hydrogen) atoms. The number of allylic oxidation sites excluding steroid dienone is 1. The molecule has 4 heteroatoms. The third-order valence-corrected chi connectivity index (χ3v) is 2.98. The molecule has 1 atom stereocenters. The van der Waals surface area contributed by atoms with Crippen LogP contribution in [0.5, 0.6) is 0 Å². The van der Waals surface area contributed by atoms with Crippen molar-refractivity contribution in [1.29, 1.82) is 0 Å². The Morgan fingerprint density at radius 2 is 1.95 bits per heavy atom. The van der Waals surface area contributed by atoms with E-state index in [0.29, 0.717) is 12.8 Å². The van der Waals surface area contributed by atoms with Gasteiger partial charge in [0.1, 0.15) is 6.10 Å². The first kappa shape index (κ1) is 17.0. The van der Waals surface area contributed by atoms with E-state index in [1.807, 2.05) is 44.2 Å². The van der Waals surface area contributed by atoms with Crippen molar-refractivity contribution in [2.75, 3.05) is 6.54 Å². The van der Waals surface area contributed by atoms with Crippen molar-refractivity contribution in [3.63, 3.8) is 0 Å². The lowest BCUT2D eigenvalue weighted by molar-refractivity contribution is -0.149. The van der Waals surface area contributed by atoms with Crippen LogP contribution in [0.4, 0.5) is 0 Å². The fourth-order valence-electron chi connectivity index (χ4n) is 1.73. The molecule has 0 fully saturated rings. The highest BCUT2D eigenvalue weighted by Gasteiger charge is 2.18. The molecule has 0 radical (unpaired) electrons. The lowest BCUT2D eigenvalue weighted by atomic mass is 10.1. The fraction of sp³-hybridized carbons (Fsp3) is 0.412. The van der Waals surface area contributed by atoms with Crippen LogP contribution in [0, 0.1) is 5.92 Å². The third kappa shape index (κ3) is 6.25. The van der Waals surface area contributed by atoms with E-state index in [-0.39, 0.29) is 24.3 Å². The summed E-state index contributed by atoms with van der Waals surface area (Å²) in [5.41, 5.74) is 0.869. The van der Waals surface area contributed by atoms with Crippen molar-refractivity contribution in [2.45, 2.75) is 32.8 Å². The fourth-order valence-corrected chi connectivity index (χ4v) is 1.73. The van der Waals surface area contributed by atoms with Crippen molar-refractivity contribution in [3.8, 4) is 0 Å². The Balaban J connectivity index is 2.69. The number of carbonyl (C=O) groups excluding carboxylic acids is 2. The van der Waals surface area contributed by atoms with Gasteiger partial charge in [0, 0.05) is 12.3 Å². The molecule has 1 unspecified atom stereocenters. The maximum Gasteiger partial charge on any atom is 0.306 e. The summed E-state index contributed by atoms with van der Waals surface area (Å²) < 4.78 is 5.47. The number of rotatable bonds is 8. The second kappa shape index (κ2) is 8.95. The number of esters is 1. The highest BCUT2D eigenvalue weighted by Crippen LogP contribution is 2.17. The molecule has 0 aliphatic carbocycles. The molecule has 4 nitrogen and oxygen atoms in total. The maximum absolute atomic E-state index is 11.8. The van der Waals surface area contributed by atoms with Gasteiger partial charge >= 0.3 is 5.97 Å². The second-order valence-corrected chi connectivity index (χ2v) is 5.12. The van der Waals surface area contributed by atoms with E-state index in [9.17, 15) is 9.59 Å². The van der Waals surface area contributed by atoms with Crippen molar-refractivity contribution in [2.24, 2.45) is 5.92 Å². The zero-order chi connectivity index (χ0) is 15.7. The SMILES string of the molecule is C=CCCC(=O)OC(CNC(=O)C(C)C)c1ccccc1. The predicted octanol–water partition coefficient (Wildman–Crippen LogP) is 3.01. The van der Waals surface area contributed by atoms with Crippen LogP contribution in [0.3, 0.4) is 0 Å². The zero-order valence-corrected chi connectivity index (χ0v) is 12.7. The lowest BCUT2D eigenvalue weighted by Crippen LogP contribution is -2.33. The van der Waals surface area contributed by atoms with Crippen LogP contribution in [0.2, 0.25) is 0 Å². The molecule has 1 aromatic rings. The smallest absolute Gasteiger partial charge is 0.306 e. The van der Waals surface area contributed by atoms with Crippen LogP contribution in [-0.2, 0) is 14.3 Å². The topological polar surface area (TPSA) is 55.4 Å². The monoisotopic (exact) mass is 289 g/mol. The highest BCUT2D eigenvalue weighted by atomic mass is 16.5. The second-order valence-electron chi connectivity index (χ2n) is 5.12. The summed E-state index contributed by atoms with van der Waals surface area (Å²) in [5, 5.41) is 2.81. The normalized spacial score (nSPS) is 11.8. The zero-order valence-electron chi connectivity index (χ0n) is 12.7. The summed E-state index contributed by atoms with van der Waals surface area (Å²) in [7, 11) is 0. The maximum atomic E-state index is 11.8. The standard InChI is InChI=1S/C17H23NO3/c1-4-5-11-16(19)21-15(12-18-17(20)13(2)3)14-9-7-6-8-10-14/h4,6-10,13,15H,1,5,11-12H2,2-3H3,(H,18,20). The molecular formula is C17H23NO3. The van der Waals surface area contributed by atoms with Gasteiger partial charge in [0.05, 0.1) is 6.54 Å². The van der Waals surface area contributed by atoms with Crippen molar-refractivity contribution < 1.29 is 14.3 Å². The lowest BCUT2D eigenvalue weighted by Gasteiger charge is -2.19. The number of carbonyl (C=O) groups is 2. The summed E-state index contributed by atoms with van der Waals surface area (Å²) in [4.78, 5) is 23.5. The van der Waals surface area contributed by atoms with Gasteiger partial charge in [-0.25, -0.2) is 0 Å². The summed E-state index contributed by atoms with van der Waals surface area (Å²) >= 11 is 0. The minimum absolute atomic E-state index is 0.0573. The van der Waals surface area contributed by atoms with Gasteiger partial charge in [0.2, 0.25) is 5.91 Å². The summed E-state index contributed by atoms with van der Waals surface area (Å²) in [6, 6.07) is 9.42. The molecular weight excluding hydrogens is 266 g/mol. The van der Waals surface area contributed by atoms with E-state index in [2.05, 4.69) is 11.9 Å². The van der Waals surface area contributed by atoms with Gasteiger partial charge in [-0.3, -0.25) is 9.59 Å². The molecule has 0 saturated heterocycles. The molecule has 0 aromatic heterocycles. The van der Waals surface area contributed by atoms with E-state index < -0.39 is 6.10 Å². The van der Waals surface area contributed by atoms with Gasteiger partial charge in [0.25, 0.3) is 0 Å². The number of nitrogens with one attached hydrogen (secondary N) is 1. The average Bonchev–Trinajstić information content (AvgIpc) is 2.49. The van der Waals surface area contributed by atoms with Crippen LogP contribution in [0.1, 0.15) is 38.4 Å². The molecule has 0 saturated carbocycles. The van der Waals surface area contributed by atoms with Crippen molar-refractivity contribution in [1.82, 2.24) is 5.32 Å². The predicted molar refractivity (Wildman–Crippen MR) is 82.6 cm³/mol. The number of hydrogen-bond donors (Lipinski definition) is 1. The Bertz CT molecular complexity index is 468. The van der Waals surface area contributed by atoms with Crippen LogP contribution < -0.4 is 5.32 Å². The van der Waals surface area contributed by atoms with Gasteiger partial charge in [-0.05, 0) is 12.0 Å². The van der Waals surface area contributed by atoms with Crippen molar-refractivity contribution in [3.05, 3.63) is 48.6 Å². The average molecular weight is 289 g/mol. The Hall–Kier alpha value is -2.10. The molecule has 0 bridgehead atoms. The van der Waals surface area contributed by atoms with Gasteiger partial charge in [-0.1, -0.05) is 50.3 Å². The molecule has 1 rings (SSSR count). The summed E-state index contributed by atoms with van der Waals surface area (Å²) in [6.45, 7) is 7.51. The Morgan fingerprint density at radius 1 is 1.29 bits per heavy atom. The Morgan fingerprint density at radius 3 is 2.52 bits per heavy atom. The highest BCUT2D eigenvalue weighted by molar-refractivity contribution is 5.78. The van der Waals surface area contributed by atoms with E-state index in [0.717, 1.165) is 5.56 Å². The summed E-state index contributed by atoms with van der Waals surface area (Å²) in [6.07, 6.45) is 2.09. The molecule has 114 valence electrons. The first-order chi connectivity index (χ1) is 10.0. The third-order valence-electron chi connectivity index (χ3n) is 2.98. The van der Waals surface area contributed by atoms with Gasteiger partial charge in [0.15, 0.2) is 0 Å². The number of benzene rings is 1. The van der Waals surface area contributed by atoms with Gasteiger partial charge in [-0.2, -0.15) is 0 Å². The minimum Gasteiger partial charge on any atom is -0.456 e. The largest absolute Gasteiger partial charge is 0.456 e. The Kier molecular flexibility index (Phi) is 7.23. The molecule has 0 aliphatic heterocycles. The van der Waals surface area contributed by atoms with Crippen LogP contribution in [0.25, 0.3) is 0 Å². The van der Waals surface area contributed by atoms with E-state index in [1.165, 1.54) is 0 Å². The molecule has 1 amide bonds. The molecule has 0 aliphatic rings. The van der Waals surface area contributed by atoms with Gasteiger partial charge in [-0.15, -0.1) is 6.58 Å². The van der Waals surface area contributed by atoms with Crippen LogP contribution in [-0.4, -0.2) is 18.4 Å². The molecule has 0 heterocycles. The number of amides is 1. The van der Waals surface area contributed by atoms with Gasteiger partial charge < -0.3 is 10.1 Å². The first-order valence-corrected chi connectivity index (χ1v) is 7.17. The van der Waals surface area contributed by atoms with Crippen LogP contribution >= 0.6 is 0 Å². The molecule has 0 spiro atoms. The van der Waals surface area contributed by atoms with E-state index >= 15 is 0 Å². The minimum atomic E-state index is -0.466. The Labute approximate surface area is 126 Å². The molecule has 1 aromatic carbocycles. The van der Waals surface area contributed by atoms with E-state index in [1.54, 1.807) is 6.08 Å². The number of ether oxygens (including phenoxy) is 1. The summed E-state index contributed by atoms with van der Waals surface area (Å²) in [5.74, 6) is -0.446. The van der Waals surface area contributed by atoms with E-state index in [4.69, 9.17) is 4.74 Å². The quantitative estimate of drug-likeness (QED) is 0.591. The van der Waals surface area contributed by atoms with Crippen LogP contribution in [0.15, 0.2) is 43.0 Å². The first-order valence-electron chi connectivity index (χ1n) is 7.17. The number of hydrogen-bond acceptors (Lipinski definition) is 3. The van der Waals surface area contributed by atoms with Crippen molar-refractivity contribution >= 4 is 11.9 Å².